The van der Waals surface area contributed by atoms with E-state index in [2.05, 4.69) is 9.97 Å². The van der Waals surface area contributed by atoms with E-state index in [0.717, 1.165) is 6.42 Å². The maximum atomic E-state index is 11.2. The molecule has 1 N–H and O–H groups in total. The van der Waals surface area contributed by atoms with E-state index < -0.39 is 0 Å². The third-order valence-electron chi connectivity index (χ3n) is 2.26. The number of hydrogen-bond donors (Lipinski definition) is 1. The molecule has 0 aromatic carbocycles. The quantitative estimate of drug-likeness (QED) is 0.828. The minimum absolute atomic E-state index is 0.184. The van der Waals surface area contributed by atoms with Gasteiger partial charge in [-0.25, -0.2) is 4.98 Å². The SMILES string of the molecule is COC(C)(C)CCOc1nc[nH]c(=O)c1I. The van der Waals surface area contributed by atoms with E-state index in [0.29, 0.717) is 16.1 Å². The van der Waals surface area contributed by atoms with Crippen molar-refractivity contribution in [3.8, 4) is 5.88 Å². The fourth-order valence-corrected chi connectivity index (χ4v) is 1.41. The molecule has 1 rings (SSSR count). The molecule has 0 fully saturated rings. The van der Waals surface area contributed by atoms with Crippen molar-refractivity contribution in [3.63, 3.8) is 0 Å². The van der Waals surface area contributed by atoms with Gasteiger partial charge in [0.05, 0.1) is 18.5 Å². The summed E-state index contributed by atoms with van der Waals surface area (Å²) in [4.78, 5) is 17.7. The van der Waals surface area contributed by atoms with Crippen LogP contribution in [0.3, 0.4) is 0 Å². The van der Waals surface area contributed by atoms with Gasteiger partial charge in [0.25, 0.3) is 5.56 Å². The fraction of sp³-hybridized carbons (Fsp3) is 0.600. The molecule has 0 aliphatic heterocycles. The summed E-state index contributed by atoms with van der Waals surface area (Å²) in [5.74, 6) is 0.372. The summed E-state index contributed by atoms with van der Waals surface area (Å²) in [5.41, 5.74) is -0.413. The smallest absolute Gasteiger partial charge is 0.268 e. The monoisotopic (exact) mass is 338 g/mol. The second-order valence-electron chi connectivity index (χ2n) is 3.91. The van der Waals surface area contributed by atoms with Gasteiger partial charge in [0.1, 0.15) is 3.57 Å². The van der Waals surface area contributed by atoms with Gasteiger partial charge >= 0.3 is 0 Å². The predicted molar refractivity (Wildman–Crippen MR) is 68.8 cm³/mol. The van der Waals surface area contributed by atoms with Gasteiger partial charge in [-0.1, -0.05) is 0 Å². The molecule has 0 aliphatic carbocycles. The first-order valence-corrected chi connectivity index (χ1v) is 5.95. The van der Waals surface area contributed by atoms with E-state index in [1.54, 1.807) is 7.11 Å². The largest absolute Gasteiger partial charge is 0.477 e. The Morgan fingerprint density at radius 1 is 1.56 bits per heavy atom. The molecule has 0 saturated carbocycles. The van der Waals surface area contributed by atoms with Crippen LogP contribution in [0.2, 0.25) is 0 Å². The van der Waals surface area contributed by atoms with Crippen LogP contribution in [0.25, 0.3) is 0 Å². The van der Waals surface area contributed by atoms with Crippen LogP contribution in [-0.4, -0.2) is 29.3 Å². The number of aromatic nitrogens is 2. The minimum atomic E-state index is -0.230. The van der Waals surface area contributed by atoms with Crippen LogP contribution in [-0.2, 0) is 4.74 Å². The van der Waals surface area contributed by atoms with E-state index in [1.807, 2.05) is 36.4 Å². The first kappa shape index (κ1) is 13.4. The Kier molecular flexibility index (Phi) is 4.72. The van der Waals surface area contributed by atoms with Gasteiger partial charge in [-0.3, -0.25) is 4.79 Å². The van der Waals surface area contributed by atoms with E-state index in [9.17, 15) is 4.79 Å². The van der Waals surface area contributed by atoms with Crippen LogP contribution in [0.5, 0.6) is 5.88 Å². The summed E-state index contributed by atoms with van der Waals surface area (Å²) in [6.45, 7) is 4.42. The average molecular weight is 338 g/mol. The van der Waals surface area contributed by atoms with Gasteiger partial charge in [0.15, 0.2) is 0 Å². The van der Waals surface area contributed by atoms with E-state index >= 15 is 0 Å². The zero-order valence-corrected chi connectivity index (χ0v) is 11.7. The van der Waals surface area contributed by atoms with Gasteiger partial charge < -0.3 is 14.5 Å². The minimum Gasteiger partial charge on any atom is -0.477 e. The second kappa shape index (κ2) is 5.62. The number of H-pyrrole nitrogens is 1. The summed E-state index contributed by atoms with van der Waals surface area (Å²) >= 11 is 1.91. The molecule has 0 atom stereocenters. The molecule has 1 heterocycles. The Morgan fingerprint density at radius 2 is 2.25 bits per heavy atom. The molecule has 1 aromatic heterocycles. The predicted octanol–water partition coefficient (Wildman–Crippen LogP) is 1.57. The first-order chi connectivity index (χ1) is 7.46. The number of nitrogens with one attached hydrogen (secondary N) is 1. The standard InChI is InChI=1S/C10H15IN2O3/c1-10(2,15-3)4-5-16-9-7(11)8(14)12-6-13-9/h6H,4-5H2,1-3H3,(H,12,13,14). The zero-order valence-electron chi connectivity index (χ0n) is 9.54. The topological polar surface area (TPSA) is 64.2 Å². The average Bonchev–Trinajstić information content (AvgIpc) is 2.24. The highest BCUT2D eigenvalue weighted by Crippen LogP contribution is 2.16. The Hall–Kier alpha value is -0.630. The van der Waals surface area contributed by atoms with Crippen LogP contribution < -0.4 is 10.3 Å². The molecular weight excluding hydrogens is 323 g/mol. The summed E-state index contributed by atoms with van der Waals surface area (Å²) in [6, 6.07) is 0. The lowest BCUT2D eigenvalue weighted by molar-refractivity contribution is 0.00498. The van der Waals surface area contributed by atoms with Gasteiger partial charge in [-0.2, -0.15) is 0 Å². The van der Waals surface area contributed by atoms with E-state index in [1.165, 1.54) is 6.33 Å². The fourth-order valence-electron chi connectivity index (χ4n) is 0.963. The van der Waals surface area contributed by atoms with Gasteiger partial charge in [0.2, 0.25) is 5.88 Å². The van der Waals surface area contributed by atoms with Crippen molar-refractivity contribution in [2.24, 2.45) is 0 Å². The Morgan fingerprint density at radius 3 is 2.88 bits per heavy atom. The summed E-state index contributed by atoms with van der Waals surface area (Å²) in [7, 11) is 1.66. The summed E-state index contributed by atoms with van der Waals surface area (Å²) in [6.07, 6.45) is 2.06. The molecule has 0 radical (unpaired) electrons. The third-order valence-corrected chi connectivity index (χ3v) is 3.21. The number of aromatic amines is 1. The van der Waals surface area contributed by atoms with Crippen LogP contribution in [0.1, 0.15) is 20.3 Å². The molecule has 1 aromatic rings. The van der Waals surface area contributed by atoms with Gasteiger partial charge in [0, 0.05) is 13.5 Å². The molecule has 0 spiro atoms. The van der Waals surface area contributed by atoms with E-state index in [-0.39, 0.29) is 11.2 Å². The highest BCUT2D eigenvalue weighted by atomic mass is 127. The molecule has 6 heteroatoms. The molecular formula is C10H15IN2O3. The van der Waals surface area contributed by atoms with Crippen molar-refractivity contribution in [3.05, 3.63) is 20.3 Å². The molecule has 5 nitrogen and oxygen atoms in total. The van der Waals surface area contributed by atoms with Gasteiger partial charge in [-0.15, -0.1) is 0 Å². The Balaban J connectivity index is 2.56. The lowest BCUT2D eigenvalue weighted by Crippen LogP contribution is -2.25. The summed E-state index contributed by atoms with van der Waals surface area (Å²) < 4.78 is 11.2. The molecule has 16 heavy (non-hydrogen) atoms. The van der Waals surface area contributed by atoms with Crippen molar-refractivity contribution in [2.45, 2.75) is 25.9 Å². The molecule has 0 bridgehead atoms. The number of methoxy groups -OCH3 is 1. The van der Waals surface area contributed by atoms with Crippen molar-refractivity contribution in [1.82, 2.24) is 9.97 Å². The highest BCUT2D eigenvalue weighted by molar-refractivity contribution is 14.1. The normalized spacial score (nSPS) is 11.5. The maximum absolute atomic E-state index is 11.2. The number of nitrogens with zero attached hydrogens (tertiary/aromatic N) is 1. The lowest BCUT2D eigenvalue weighted by atomic mass is 10.1. The van der Waals surface area contributed by atoms with Crippen molar-refractivity contribution in [1.29, 1.82) is 0 Å². The van der Waals surface area contributed by atoms with Crippen LogP contribution in [0.15, 0.2) is 11.1 Å². The number of hydrogen-bond acceptors (Lipinski definition) is 4. The van der Waals surface area contributed by atoms with Crippen LogP contribution in [0, 0.1) is 3.57 Å². The third kappa shape index (κ3) is 3.75. The van der Waals surface area contributed by atoms with Crippen molar-refractivity contribution in [2.75, 3.05) is 13.7 Å². The van der Waals surface area contributed by atoms with Gasteiger partial charge in [-0.05, 0) is 36.4 Å². The van der Waals surface area contributed by atoms with Crippen molar-refractivity contribution < 1.29 is 9.47 Å². The van der Waals surface area contributed by atoms with Crippen LogP contribution in [0.4, 0.5) is 0 Å². The second-order valence-corrected chi connectivity index (χ2v) is 4.99. The Labute approximate surface area is 108 Å². The zero-order chi connectivity index (χ0) is 12.2. The summed E-state index contributed by atoms with van der Waals surface area (Å²) in [5, 5.41) is 0. The number of halogens is 1. The van der Waals surface area contributed by atoms with Crippen LogP contribution >= 0.6 is 22.6 Å². The maximum Gasteiger partial charge on any atom is 0.268 e. The molecule has 0 aliphatic rings. The molecule has 0 unspecified atom stereocenters. The Bertz CT molecular complexity index is 403. The molecule has 0 saturated heterocycles. The number of ether oxygens (including phenoxy) is 2. The number of rotatable bonds is 5. The van der Waals surface area contributed by atoms with E-state index in [4.69, 9.17) is 9.47 Å². The molecule has 90 valence electrons. The highest BCUT2D eigenvalue weighted by Gasteiger charge is 2.16. The lowest BCUT2D eigenvalue weighted by Gasteiger charge is -2.22. The molecule has 0 amide bonds. The van der Waals surface area contributed by atoms with Crippen molar-refractivity contribution >= 4 is 22.6 Å². The first-order valence-electron chi connectivity index (χ1n) is 4.87.